The molecule has 25 heteroatoms. The van der Waals surface area contributed by atoms with Crippen LogP contribution in [-0.2, 0) is 69.4 Å². The molecule has 10 unspecified atom stereocenters. The molecule has 0 saturated carbocycles. The summed E-state index contributed by atoms with van der Waals surface area (Å²) in [6, 6.07) is 0. The van der Waals surface area contributed by atoms with Crippen LogP contribution >= 0.6 is 79.2 Å². The molecule has 3 aliphatic rings. The Morgan fingerprint density at radius 3 is 1.41 bits per heavy atom. The largest absolute Gasteiger partial charge is 0.391 e. The van der Waals surface area contributed by atoms with Gasteiger partial charge in [-0.05, 0) is 0 Å². The minimum Gasteiger partial charge on any atom is -0.391 e. The van der Waals surface area contributed by atoms with Crippen molar-refractivity contribution in [1.29, 1.82) is 0 Å². The molecule has 0 aromatic heterocycles. The van der Waals surface area contributed by atoms with E-state index in [1.807, 2.05) is 18.9 Å². The number of hydrogen-bond donors (Lipinski definition) is 1. The highest BCUT2D eigenvalue weighted by Gasteiger charge is 2.56. The van der Waals surface area contributed by atoms with Crippen molar-refractivity contribution in [1.82, 2.24) is 0 Å². The van der Waals surface area contributed by atoms with E-state index in [-0.39, 0.29) is 26.4 Å². The topological polar surface area (TPSA) is 206 Å². The molecule has 3 saturated heterocycles. The number of ether oxygens (including phenoxy) is 6. The molecule has 0 radical (unpaired) electrons. The SMILES string of the molecule is C=CCOC1OC(COP)[C@@H](O[C@@H]2OC(COP)[C@H](O[C@H]3OC(COP)[C@H](P=O)[C@H](O)C3P=O)[C@H](P=O)C2P=O)[C@H](P=O)C1P=O. The second kappa shape index (κ2) is 21.6. The van der Waals surface area contributed by atoms with Crippen LogP contribution < -0.4 is 0 Å². The molecule has 3 aliphatic heterocycles. The lowest BCUT2D eigenvalue weighted by molar-refractivity contribution is -0.304. The van der Waals surface area contributed by atoms with Gasteiger partial charge in [-0.2, -0.15) is 0 Å². The first-order chi connectivity index (χ1) is 22.3. The molecule has 0 spiro atoms. The molecule has 0 aromatic carbocycles. The van der Waals surface area contributed by atoms with Gasteiger partial charge in [0.1, 0.15) is 47.5 Å². The van der Waals surface area contributed by atoms with Crippen LogP contribution in [0.5, 0.6) is 0 Å². The average molecular weight is 820 g/mol. The summed E-state index contributed by atoms with van der Waals surface area (Å²) in [6.07, 6.45) is -9.04. The van der Waals surface area contributed by atoms with Gasteiger partial charge in [0.15, 0.2) is 69.6 Å². The second-order valence-electron chi connectivity index (χ2n) is 10.0. The molecule has 0 aliphatic carbocycles. The summed E-state index contributed by atoms with van der Waals surface area (Å²) in [5.74, 6) is 0. The zero-order chi connectivity index (χ0) is 33.8. The van der Waals surface area contributed by atoms with Gasteiger partial charge in [0.05, 0.1) is 49.5 Å². The number of hydrogen-bond acceptors (Lipinski definition) is 16. The molecular formula is C21H33O16P9. The van der Waals surface area contributed by atoms with Crippen molar-refractivity contribution in [2.45, 2.75) is 89.4 Å². The number of aliphatic hydroxyl groups excluding tert-OH is 1. The summed E-state index contributed by atoms with van der Waals surface area (Å²) in [5, 5.41) is 10.8. The molecule has 0 bridgehead atoms. The van der Waals surface area contributed by atoms with Crippen LogP contribution in [0, 0.1) is 0 Å². The van der Waals surface area contributed by atoms with Gasteiger partial charge in [-0.15, -0.1) is 6.58 Å². The molecule has 46 heavy (non-hydrogen) atoms. The van der Waals surface area contributed by atoms with E-state index in [1.54, 1.807) is 0 Å². The van der Waals surface area contributed by atoms with E-state index in [4.69, 9.17) is 42.0 Å². The van der Waals surface area contributed by atoms with E-state index >= 15 is 0 Å². The van der Waals surface area contributed by atoms with Gasteiger partial charge in [-0.1, -0.05) is 6.08 Å². The van der Waals surface area contributed by atoms with Crippen molar-refractivity contribution < 1.29 is 74.5 Å². The number of rotatable bonds is 19. The van der Waals surface area contributed by atoms with Gasteiger partial charge in [-0.3, -0.25) is 27.4 Å². The predicted octanol–water partition coefficient (Wildman–Crippen LogP) is 3.88. The van der Waals surface area contributed by atoms with E-state index in [0.717, 1.165) is 0 Å². The third kappa shape index (κ3) is 9.97. The zero-order valence-corrected chi connectivity index (χ0v) is 32.6. The van der Waals surface area contributed by atoms with E-state index in [2.05, 4.69) is 16.0 Å². The van der Waals surface area contributed by atoms with Crippen molar-refractivity contribution >= 4 is 79.2 Å². The van der Waals surface area contributed by atoms with Crippen molar-refractivity contribution in [3.8, 4) is 0 Å². The van der Waals surface area contributed by atoms with Gasteiger partial charge < -0.3 is 47.1 Å². The van der Waals surface area contributed by atoms with Gasteiger partial charge in [0, 0.05) is 28.4 Å². The summed E-state index contributed by atoms with van der Waals surface area (Å²) >= 11 is 0. The Bertz CT molecular complexity index is 1050. The summed E-state index contributed by atoms with van der Waals surface area (Å²) < 4.78 is 126. The summed E-state index contributed by atoms with van der Waals surface area (Å²) in [7, 11) is 3.02. The van der Waals surface area contributed by atoms with Crippen LogP contribution in [0.4, 0.5) is 0 Å². The van der Waals surface area contributed by atoms with Crippen molar-refractivity contribution in [3.05, 3.63) is 12.7 Å². The Balaban J connectivity index is 1.93. The molecule has 3 fully saturated rings. The fourth-order valence-corrected chi connectivity index (χ4v) is 10.2. The highest BCUT2D eigenvalue weighted by atomic mass is 31.1. The molecule has 0 amide bonds. The second-order valence-corrected chi connectivity index (χ2v) is 15.9. The smallest absolute Gasteiger partial charge is 0.174 e. The molecule has 1 N–H and O–H groups in total. The van der Waals surface area contributed by atoms with Crippen LogP contribution in [-0.4, -0.2) is 121 Å². The molecule has 18 atom stereocenters. The molecular weight excluding hydrogens is 787 g/mol. The normalized spacial score (nSPS) is 42.2. The van der Waals surface area contributed by atoms with E-state index in [1.165, 1.54) is 6.08 Å². The van der Waals surface area contributed by atoms with Crippen LogP contribution in [0.3, 0.4) is 0 Å². The average Bonchev–Trinajstić information content (AvgIpc) is 3.05. The Morgan fingerprint density at radius 1 is 0.587 bits per heavy atom. The van der Waals surface area contributed by atoms with Crippen LogP contribution in [0.25, 0.3) is 0 Å². The highest BCUT2D eigenvalue weighted by molar-refractivity contribution is 7.30. The first kappa shape index (κ1) is 41.6. The van der Waals surface area contributed by atoms with E-state index < -0.39 is 140 Å². The monoisotopic (exact) mass is 820 g/mol. The van der Waals surface area contributed by atoms with Gasteiger partial charge in [0.2, 0.25) is 0 Å². The Hall–Kier alpha value is 1.23. The van der Waals surface area contributed by atoms with Gasteiger partial charge in [-0.25, -0.2) is 0 Å². The molecule has 3 rings (SSSR count). The van der Waals surface area contributed by atoms with Crippen molar-refractivity contribution in [3.63, 3.8) is 0 Å². The van der Waals surface area contributed by atoms with Crippen LogP contribution in [0.1, 0.15) is 0 Å². The standard InChI is InChI=1S/C21H33O16P9/c1-2-3-29-19-17(45-27)15(43-25)11(7(33-19)4-30-38)37-21-18(46-28)16(44-26)12(8(34-21)5-31-39)36-20-14(42-24)10(22)13(41-23)9(35-20)6-32-40/h2,7-22H,1,3-6,38-40H2/t7?,8?,9?,10-,11+,12-,13-,14?,15-,16-,17?,18?,19?,20+,21-/m0/s1. The maximum atomic E-state index is 12.7. The first-order valence-electron chi connectivity index (χ1n) is 13.4. The minimum absolute atomic E-state index is 0.0567. The van der Waals surface area contributed by atoms with Gasteiger partial charge in [0.25, 0.3) is 0 Å². The van der Waals surface area contributed by atoms with Crippen molar-refractivity contribution in [2.75, 3.05) is 26.4 Å². The lowest BCUT2D eigenvalue weighted by Crippen LogP contribution is -2.63. The Morgan fingerprint density at radius 2 is 0.978 bits per heavy atom. The first-order valence-corrected chi connectivity index (χ1v) is 20.1. The fraction of sp³-hybridized carbons (Fsp3) is 0.905. The third-order valence-corrected chi connectivity index (χ3v) is 13.5. The third-order valence-electron chi connectivity index (χ3n) is 7.42. The number of aliphatic hydroxyl groups is 1. The minimum atomic E-state index is -1.41. The zero-order valence-electron chi connectivity index (χ0n) is 23.8. The van der Waals surface area contributed by atoms with E-state index in [9.17, 15) is 32.5 Å². The predicted molar refractivity (Wildman–Crippen MR) is 173 cm³/mol. The lowest BCUT2D eigenvalue weighted by Gasteiger charge is -2.48. The van der Waals surface area contributed by atoms with E-state index in [0.29, 0.717) is 0 Å². The molecule has 3 heterocycles. The molecule has 258 valence electrons. The Kier molecular flexibility index (Phi) is 19.5. The molecule has 16 nitrogen and oxygen atoms in total. The maximum absolute atomic E-state index is 12.7. The lowest BCUT2D eigenvalue weighted by atomic mass is 10.0. The summed E-state index contributed by atoms with van der Waals surface area (Å²) in [6.45, 7) is 3.24. The summed E-state index contributed by atoms with van der Waals surface area (Å²) in [5.41, 5.74) is -6.44. The Labute approximate surface area is 281 Å². The molecule has 0 aromatic rings. The van der Waals surface area contributed by atoms with Crippen LogP contribution in [0.2, 0.25) is 0 Å². The van der Waals surface area contributed by atoms with Crippen LogP contribution in [0.15, 0.2) is 12.7 Å². The van der Waals surface area contributed by atoms with Gasteiger partial charge >= 0.3 is 0 Å². The fourth-order valence-electron chi connectivity index (χ4n) is 5.30. The van der Waals surface area contributed by atoms with Crippen molar-refractivity contribution in [2.24, 2.45) is 0 Å². The maximum Gasteiger partial charge on any atom is 0.174 e. The summed E-state index contributed by atoms with van der Waals surface area (Å²) in [4.78, 5) is 0. The quantitative estimate of drug-likeness (QED) is 0.145. The highest BCUT2D eigenvalue weighted by Crippen LogP contribution is 2.44.